The Balaban J connectivity index is 1.65. The van der Waals surface area contributed by atoms with Crippen molar-refractivity contribution in [1.29, 1.82) is 0 Å². The fourth-order valence-electron chi connectivity index (χ4n) is 3.10. The van der Waals surface area contributed by atoms with E-state index in [1.54, 1.807) is 4.90 Å². The second-order valence-electron chi connectivity index (χ2n) is 5.30. The van der Waals surface area contributed by atoms with E-state index in [9.17, 15) is 9.18 Å². The smallest absolute Gasteiger partial charge is 0.409 e. The van der Waals surface area contributed by atoms with Gasteiger partial charge in [0.05, 0.1) is 5.02 Å². The number of benzene rings is 1. The van der Waals surface area contributed by atoms with Crippen molar-refractivity contribution < 1.29 is 13.9 Å². The molecule has 1 heterocycles. The van der Waals surface area contributed by atoms with Gasteiger partial charge in [0.2, 0.25) is 0 Å². The maximum absolute atomic E-state index is 12.9. The Kier molecular flexibility index (Phi) is 3.35. The minimum atomic E-state index is -0.444. The lowest BCUT2D eigenvalue weighted by Crippen LogP contribution is -2.32. The monoisotopic (exact) mass is 283 g/mol. The van der Waals surface area contributed by atoms with Crippen LogP contribution in [0, 0.1) is 17.7 Å². The maximum atomic E-state index is 12.9. The predicted octanol–water partition coefficient (Wildman–Crippen LogP) is 3.71. The quantitative estimate of drug-likeness (QED) is 0.786. The van der Waals surface area contributed by atoms with Crippen molar-refractivity contribution in [3.63, 3.8) is 0 Å². The molecule has 0 N–H and O–H groups in total. The molecule has 0 radical (unpaired) electrons. The molecule has 0 aromatic heterocycles. The van der Waals surface area contributed by atoms with E-state index in [0.717, 1.165) is 19.2 Å². The minimum absolute atomic E-state index is 0.118. The molecule has 2 fully saturated rings. The Bertz CT molecular complexity index is 496. The molecule has 2 atom stereocenters. The van der Waals surface area contributed by atoms with Gasteiger partial charge in [0.25, 0.3) is 0 Å². The lowest BCUT2D eigenvalue weighted by molar-refractivity contribution is 0.159. The van der Waals surface area contributed by atoms with Crippen LogP contribution in [0.15, 0.2) is 18.2 Å². The first-order chi connectivity index (χ1) is 9.13. The molecule has 1 saturated heterocycles. The summed E-state index contributed by atoms with van der Waals surface area (Å²) in [6.07, 6.45) is 3.28. The van der Waals surface area contributed by atoms with E-state index in [1.165, 1.54) is 31.4 Å². The molecule has 2 unspecified atom stereocenters. The molecule has 0 bridgehead atoms. The van der Waals surface area contributed by atoms with Crippen molar-refractivity contribution in [3.05, 3.63) is 29.0 Å². The predicted molar refractivity (Wildman–Crippen MR) is 69.8 cm³/mol. The van der Waals surface area contributed by atoms with Gasteiger partial charge in [-0.15, -0.1) is 0 Å². The molecule has 1 aromatic rings. The molecule has 3 nitrogen and oxygen atoms in total. The zero-order valence-corrected chi connectivity index (χ0v) is 11.2. The van der Waals surface area contributed by atoms with Crippen molar-refractivity contribution in [2.45, 2.75) is 19.3 Å². The van der Waals surface area contributed by atoms with Crippen molar-refractivity contribution in [1.82, 2.24) is 4.90 Å². The van der Waals surface area contributed by atoms with Crippen LogP contribution in [0.3, 0.4) is 0 Å². The van der Waals surface area contributed by atoms with Gasteiger partial charge in [-0.2, -0.15) is 0 Å². The summed E-state index contributed by atoms with van der Waals surface area (Å²) in [7, 11) is 0. The molecule has 5 heteroatoms. The zero-order valence-electron chi connectivity index (χ0n) is 10.4. The second-order valence-corrected chi connectivity index (χ2v) is 5.71. The third-order valence-corrected chi connectivity index (χ3v) is 4.37. The fourth-order valence-corrected chi connectivity index (χ4v) is 3.31. The summed E-state index contributed by atoms with van der Waals surface area (Å²) in [5.74, 6) is 1.01. The molecular formula is C14H15ClFNO2. The van der Waals surface area contributed by atoms with E-state index in [0.29, 0.717) is 11.8 Å². The van der Waals surface area contributed by atoms with Gasteiger partial charge in [0.1, 0.15) is 5.82 Å². The molecule has 102 valence electrons. The normalized spacial score (nSPS) is 25.5. The van der Waals surface area contributed by atoms with Crippen molar-refractivity contribution in [3.8, 4) is 5.75 Å². The third-order valence-electron chi connectivity index (χ3n) is 4.08. The number of carbonyl (C=O) groups is 1. The van der Waals surface area contributed by atoms with Crippen LogP contribution in [-0.4, -0.2) is 24.1 Å². The minimum Gasteiger partial charge on any atom is -0.409 e. The molecule has 2 aliphatic rings. The van der Waals surface area contributed by atoms with Gasteiger partial charge in [-0.25, -0.2) is 9.18 Å². The van der Waals surface area contributed by atoms with Crippen LogP contribution < -0.4 is 4.74 Å². The maximum Gasteiger partial charge on any atom is 0.415 e. The van der Waals surface area contributed by atoms with Gasteiger partial charge in [0, 0.05) is 13.1 Å². The molecule has 1 aliphatic carbocycles. The third kappa shape index (κ3) is 2.54. The Labute approximate surface area is 116 Å². The van der Waals surface area contributed by atoms with Crippen LogP contribution in [0.25, 0.3) is 0 Å². The van der Waals surface area contributed by atoms with Gasteiger partial charge in [0.15, 0.2) is 5.75 Å². The number of rotatable bonds is 1. The first-order valence-electron chi connectivity index (χ1n) is 6.55. The summed E-state index contributed by atoms with van der Waals surface area (Å²) in [5, 5.41) is 0.118. The van der Waals surface area contributed by atoms with E-state index in [4.69, 9.17) is 16.3 Å². The molecule has 1 aliphatic heterocycles. The lowest BCUT2D eigenvalue weighted by Gasteiger charge is -2.17. The first kappa shape index (κ1) is 12.7. The van der Waals surface area contributed by atoms with Crippen molar-refractivity contribution >= 4 is 17.7 Å². The first-order valence-corrected chi connectivity index (χ1v) is 6.93. The lowest BCUT2D eigenvalue weighted by atomic mass is 10.0. The van der Waals surface area contributed by atoms with E-state index in [-0.39, 0.29) is 16.9 Å². The van der Waals surface area contributed by atoms with Gasteiger partial charge >= 0.3 is 6.09 Å². The van der Waals surface area contributed by atoms with E-state index in [1.807, 2.05) is 0 Å². The van der Waals surface area contributed by atoms with Gasteiger partial charge in [-0.05, 0) is 42.9 Å². The largest absolute Gasteiger partial charge is 0.415 e. The highest BCUT2D eigenvalue weighted by atomic mass is 35.5. The number of hydrogen-bond acceptors (Lipinski definition) is 2. The van der Waals surface area contributed by atoms with E-state index >= 15 is 0 Å². The average molecular weight is 284 g/mol. The Hall–Kier alpha value is -1.29. The molecule has 1 saturated carbocycles. The van der Waals surface area contributed by atoms with Crippen LogP contribution in [0.5, 0.6) is 5.75 Å². The second kappa shape index (κ2) is 5.00. The van der Waals surface area contributed by atoms with E-state index < -0.39 is 5.82 Å². The number of likely N-dealkylation sites (tertiary alicyclic amines) is 1. The van der Waals surface area contributed by atoms with Gasteiger partial charge in [-0.1, -0.05) is 18.0 Å². The van der Waals surface area contributed by atoms with Crippen molar-refractivity contribution in [2.75, 3.05) is 13.1 Å². The number of ether oxygens (including phenoxy) is 1. The van der Waals surface area contributed by atoms with Crippen LogP contribution >= 0.6 is 11.6 Å². The number of amides is 1. The van der Waals surface area contributed by atoms with Gasteiger partial charge < -0.3 is 9.64 Å². The average Bonchev–Trinajstić information content (AvgIpc) is 2.93. The summed E-state index contributed by atoms with van der Waals surface area (Å²) >= 11 is 5.84. The van der Waals surface area contributed by atoms with Crippen LogP contribution in [0.1, 0.15) is 19.3 Å². The molecule has 3 rings (SSSR count). The Morgan fingerprint density at radius 1 is 1.32 bits per heavy atom. The summed E-state index contributed by atoms with van der Waals surface area (Å²) < 4.78 is 18.1. The number of halogens is 2. The molecule has 19 heavy (non-hydrogen) atoms. The van der Waals surface area contributed by atoms with Crippen LogP contribution in [0.4, 0.5) is 9.18 Å². The van der Waals surface area contributed by atoms with Gasteiger partial charge in [-0.3, -0.25) is 0 Å². The Morgan fingerprint density at radius 3 is 2.63 bits per heavy atom. The summed E-state index contributed by atoms with van der Waals surface area (Å²) in [5.41, 5.74) is 0. The zero-order chi connectivity index (χ0) is 13.4. The SMILES string of the molecule is O=C(Oc1ccc(F)cc1Cl)N1CC2CCCC2C1. The number of hydrogen-bond donors (Lipinski definition) is 0. The van der Waals surface area contributed by atoms with Crippen LogP contribution in [0.2, 0.25) is 5.02 Å². The van der Waals surface area contributed by atoms with Crippen LogP contribution in [-0.2, 0) is 0 Å². The fraction of sp³-hybridized carbons (Fsp3) is 0.500. The summed E-state index contributed by atoms with van der Waals surface area (Å²) in [6, 6.07) is 3.75. The highest BCUT2D eigenvalue weighted by Crippen LogP contribution is 2.38. The number of carbonyl (C=O) groups excluding carboxylic acids is 1. The molecule has 1 amide bonds. The standard InChI is InChI=1S/C14H15ClFNO2/c15-12-6-11(16)4-5-13(12)19-14(18)17-7-9-2-1-3-10(9)8-17/h4-6,9-10H,1-3,7-8H2. The van der Waals surface area contributed by atoms with Crippen molar-refractivity contribution in [2.24, 2.45) is 11.8 Å². The highest BCUT2D eigenvalue weighted by molar-refractivity contribution is 6.32. The number of fused-ring (bicyclic) bond motifs is 1. The summed E-state index contributed by atoms with van der Waals surface area (Å²) in [4.78, 5) is 13.8. The highest BCUT2D eigenvalue weighted by Gasteiger charge is 2.38. The number of nitrogens with zero attached hydrogens (tertiary/aromatic N) is 1. The topological polar surface area (TPSA) is 29.5 Å². The molecule has 0 spiro atoms. The Morgan fingerprint density at radius 2 is 2.00 bits per heavy atom. The summed E-state index contributed by atoms with van der Waals surface area (Å²) in [6.45, 7) is 1.53. The molecule has 1 aromatic carbocycles. The molecular weight excluding hydrogens is 269 g/mol. The van der Waals surface area contributed by atoms with E-state index in [2.05, 4.69) is 0 Å².